The highest BCUT2D eigenvalue weighted by molar-refractivity contribution is 7.21. The highest BCUT2D eigenvalue weighted by atomic mass is 35.5. The first-order valence-electron chi connectivity index (χ1n) is 6.97. The number of nitrogens with one attached hydrogen (secondary N) is 1. The lowest BCUT2D eigenvalue weighted by molar-refractivity contribution is 0.0952. The minimum absolute atomic E-state index is 0.00562. The molecule has 7 heteroatoms. The third-order valence-electron chi connectivity index (χ3n) is 3.39. The summed E-state index contributed by atoms with van der Waals surface area (Å²) < 4.78 is 32.5. The van der Waals surface area contributed by atoms with E-state index in [-0.39, 0.29) is 12.5 Å². The van der Waals surface area contributed by atoms with E-state index in [0.29, 0.717) is 21.2 Å². The Bertz CT molecular complexity index is 906. The molecule has 3 nitrogen and oxygen atoms in total. The van der Waals surface area contributed by atoms with Crippen LogP contribution in [0.15, 0.2) is 36.4 Å². The van der Waals surface area contributed by atoms with Gasteiger partial charge in [0, 0.05) is 27.7 Å². The Balaban J connectivity index is 1.85. The Morgan fingerprint density at radius 2 is 1.92 bits per heavy atom. The van der Waals surface area contributed by atoms with Gasteiger partial charge in [-0.05, 0) is 35.9 Å². The Morgan fingerprint density at radius 1 is 1.21 bits per heavy atom. The van der Waals surface area contributed by atoms with E-state index in [4.69, 9.17) is 16.3 Å². The average Bonchev–Trinajstić information content (AvgIpc) is 2.89. The Morgan fingerprint density at radius 3 is 2.58 bits per heavy atom. The summed E-state index contributed by atoms with van der Waals surface area (Å²) >= 11 is 7.21. The molecule has 24 heavy (non-hydrogen) atoms. The number of halogens is 3. The second-order valence-electron chi connectivity index (χ2n) is 5.07. The number of ether oxygens (including phenoxy) is 1. The van der Waals surface area contributed by atoms with Gasteiger partial charge in [-0.15, -0.1) is 11.3 Å². The van der Waals surface area contributed by atoms with Gasteiger partial charge in [-0.2, -0.15) is 0 Å². The van der Waals surface area contributed by atoms with E-state index >= 15 is 0 Å². The first kappa shape index (κ1) is 16.7. The number of fused-ring (bicyclic) bond motifs is 1. The molecule has 0 saturated heterocycles. The second-order valence-corrected chi connectivity index (χ2v) is 6.55. The van der Waals surface area contributed by atoms with Crippen LogP contribution in [0.2, 0.25) is 5.02 Å². The predicted octanol–water partition coefficient (Wildman–Crippen LogP) is 4.77. The Kier molecular flexibility index (Phi) is 4.69. The topological polar surface area (TPSA) is 38.3 Å². The van der Waals surface area contributed by atoms with Gasteiger partial charge in [-0.3, -0.25) is 4.79 Å². The first-order chi connectivity index (χ1) is 11.5. The monoisotopic (exact) mass is 367 g/mol. The van der Waals surface area contributed by atoms with Gasteiger partial charge in [0.15, 0.2) is 0 Å². The summed E-state index contributed by atoms with van der Waals surface area (Å²) in [5.41, 5.74) is 0.337. The van der Waals surface area contributed by atoms with Crippen molar-refractivity contribution in [2.24, 2.45) is 0 Å². The summed E-state index contributed by atoms with van der Waals surface area (Å²) in [6.45, 7) is 0.00562. The van der Waals surface area contributed by atoms with E-state index in [1.165, 1.54) is 30.6 Å². The maximum absolute atomic E-state index is 13.2. The molecule has 0 aliphatic rings. The van der Waals surface area contributed by atoms with Crippen LogP contribution in [0.1, 0.15) is 15.2 Å². The number of thiophene rings is 1. The summed E-state index contributed by atoms with van der Waals surface area (Å²) in [6, 6.07) is 8.38. The lowest BCUT2D eigenvalue weighted by atomic mass is 10.2. The van der Waals surface area contributed by atoms with Gasteiger partial charge >= 0.3 is 0 Å². The molecule has 124 valence electrons. The summed E-state index contributed by atoms with van der Waals surface area (Å²) in [6.07, 6.45) is 0. The van der Waals surface area contributed by atoms with Crippen molar-refractivity contribution in [3.63, 3.8) is 0 Å². The molecule has 1 heterocycles. The summed E-state index contributed by atoms with van der Waals surface area (Å²) in [7, 11) is 1.48. The fourth-order valence-corrected chi connectivity index (χ4v) is 3.74. The predicted molar refractivity (Wildman–Crippen MR) is 90.9 cm³/mol. The molecule has 3 aromatic rings. The lowest BCUT2D eigenvalue weighted by Gasteiger charge is -2.06. The number of hydrogen-bond acceptors (Lipinski definition) is 3. The standard InChI is InChI=1S/C17H12ClF2NO2S/c1-23-15-13-3-2-10(18)6-14(13)24-16(15)17(22)21-8-9-4-11(19)7-12(20)5-9/h2-7H,8H2,1H3,(H,21,22). The van der Waals surface area contributed by atoms with Gasteiger partial charge in [-0.25, -0.2) is 8.78 Å². The van der Waals surface area contributed by atoms with Gasteiger partial charge in [0.2, 0.25) is 0 Å². The van der Waals surface area contributed by atoms with E-state index in [0.717, 1.165) is 16.2 Å². The quantitative estimate of drug-likeness (QED) is 0.721. The number of amides is 1. The van der Waals surface area contributed by atoms with Gasteiger partial charge in [0.1, 0.15) is 22.3 Å². The molecule has 0 spiro atoms. The van der Waals surface area contributed by atoms with Crippen molar-refractivity contribution < 1.29 is 18.3 Å². The van der Waals surface area contributed by atoms with Crippen molar-refractivity contribution in [1.82, 2.24) is 5.32 Å². The van der Waals surface area contributed by atoms with Crippen molar-refractivity contribution >= 4 is 38.9 Å². The van der Waals surface area contributed by atoms with Crippen LogP contribution in [0.3, 0.4) is 0 Å². The number of methoxy groups -OCH3 is 1. The molecule has 0 bridgehead atoms. The molecule has 0 radical (unpaired) electrons. The molecule has 1 aromatic heterocycles. The van der Waals surface area contributed by atoms with Crippen LogP contribution in [0.4, 0.5) is 8.78 Å². The van der Waals surface area contributed by atoms with Crippen molar-refractivity contribution in [1.29, 1.82) is 0 Å². The molecule has 1 N–H and O–H groups in total. The smallest absolute Gasteiger partial charge is 0.265 e. The lowest BCUT2D eigenvalue weighted by Crippen LogP contribution is -2.22. The molecule has 0 saturated carbocycles. The largest absolute Gasteiger partial charge is 0.494 e. The van der Waals surface area contributed by atoms with Gasteiger partial charge in [-0.1, -0.05) is 11.6 Å². The van der Waals surface area contributed by atoms with Crippen LogP contribution in [0.25, 0.3) is 10.1 Å². The number of benzene rings is 2. The molecular weight excluding hydrogens is 356 g/mol. The van der Waals surface area contributed by atoms with E-state index in [1.807, 2.05) is 0 Å². The summed E-state index contributed by atoms with van der Waals surface area (Å²) in [5.74, 6) is -1.30. The third kappa shape index (κ3) is 3.34. The minimum atomic E-state index is -0.687. The molecule has 0 fully saturated rings. The average molecular weight is 368 g/mol. The van der Waals surface area contributed by atoms with Crippen LogP contribution in [-0.4, -0.2) is 13.0 Å². The minimum Gasteiger partial charge on any atom is -0.494 e. The van der Waals surface area contributed by atoms with Crippen LogP contribution < -0.4 is 10.1 Å². The summed E-state index contributed by atoms with van der Waals surface area (Å²) in [5, 5.41) is 3.99. The fourth-order valence-electron chi connectivity index (χ4n) is 2.37. The molecule has 0 aliphatic heterocycles. The van der Waals surface area contributed by atoms with Gasteiger partial charge in [0.05, 0.1) is 7.11 Å². The van der Waals surface area contributed by atoms with Gasteiger partial charge < -0.3 is 10.1 Å². The van der Waals surface area contributed by atoms with Crippen LogP contribution in [0, 0.1) is 11.6 Å². The maximum atomic E-state index is 13.2. The van der Waals surface area contributed by atoms with Crippen molar-refractivity contribution in [2.45, 2.75) is 6.54 Å². The SMILES string of the molecule is COc1c(C(=O)NCc2cc(F)cc(F)c2)sc2cc(Cl)ccc12. The zero-order chi connectivity index (χ0) is 17.3. The number of hydrogen-bond donors (Lipinski definition) is 1. The molecule has 1 amide bonds. The zero-order valence-electron chi connectivity index (χ0n) is 12.5. The normalized spacial score (nSPS) is 10.8. The third-order valence-corrected chi connectivity index (χ3v) is 4.76. The zero-order valence-corrected chi connectivity index (χ0v) is 14.1. The van der Waals surface area contributed by atoms with E-state index in [1.54, 1.807) is 18.2 Å². The first-order valence-corrected chi connectivity index (χ1v) is 8.16. The molecule has 3 rings (SSSR count). The summed E-state index contributed by atoms with van der Waals surface area (Å²) in [4.78, 5) is 12.8. The van der Waals surface area contributed by atoms with E-state index in [2.05, 4.69) is 5.32 Å². The number of carbonyl (C=O) groups excluding carboxylic acids is 1. The Hall–Kier alpha value is -2.18. The number of rotatable bonds is 4. The number of carbonyl (C=O) groups is 1. The maximum Gasteiger partial charge on any atom is 0.265 e. The van der Waals surface area contributed by atoms with Gasteiger partial charge in [0.25, 0.3) is 5.91 Å². The Labute approximate surface area is 145 Å². The van der Waals surface area contributed by atoms with Crippen LogP contribution >= 0.6 is 22.9 Å². The fraction of sp³-hybridized carbons (Fsp3) is 0.118. The van der Waals surface area contributed by atoms with Crippen LogP contribution in [-0.2, 0) is 6.54 Å². The molecule has 0 unspecified atom stereocenters. The molecular formula is C17H12ClF2NO2S. The van der Waals surface area contributed by atoms with Crippen molar-refractivity contribution in [3.8, 4) is 5.75 Å². The van der Waals surface area contributed by atoms with Crippen molar-refractivity contribution in [2.75, 3.05) is 7.11 Å². The highest BCUT2D eigenvalue weighted by Gasteiger charge is 2.19. The van der Waals surface area contributed by atoms with Crippen molar-refractivity contribution in [3.05, 3.63) is 63.5 Å². The van der Waals surface area contributed by atoms with E-state index in [9.17, 15) is 13.6 Å². The second kappa shape index (κ2) is 6.75. The highest BCUT2D eigenvalue weighted by Crippen LogP contribution is 2.38. The molecule has 0 atom stereocenters. The molecule has 2 aromatic carbocycles. The van der Waals surface area contributed by atoms with Crippen LogP contribution in [0.5, 0.6) is 5.75 Å². The van der Waals surface area contributed by atoms with E-state index < -0.39 is 11.6 Å². The molecule has 0 aliphatic carbocycles.